The van der Waals surface area contributed by atoms with Crippen molar-refractivity contribution in [2.45, 2.75) is 37.7 Å². The smallest absolute Gasteiger partial charge is 0.143 e. The topological polar surface area (TPSA) is 91.4 Å². The minimum absolute atomic E-state index is 0.0373. The van der Waals surface area contributed by atoms with Gasteiger partial charge in [0.25, 0.3) is 0 Å². The molecule has 3 aromatic rings. The molecular weight excluding hydrogens is 373 g/mol. The minimum Gasteiger partial charge on any atom is -0.390 e. The first kappa shape index (κ1) is 18.3. The highest BCUT2D eigenvalue weighted by Crippen LogP contribution is 2.43. The summed E-state index contributed by atoms with van der Waals surface area (Å²) in [5.74, 6) is -1.30. The Labute approximate surface area is 159 Å². The highest BCUT2D eigenvalue weighted by molar-refractivity contribution is 6.30. The van der Waals surface area contributed by atoms with Crippen LogP contribution in [0.1, 0.15) is 29.8 Å². The van der Waals surface area contributed by atoms with Gasteiger partial charge >= 0.3 is 0 Å². The van der Waals surface area contributed by atoms with Gasteiger partial charge < -0.3 is 19.9 Å². The molecule has 6 nitrogen and oxygen atoms in total. The van der Waals surface area contributed by atoms with E-state index in [9.17, 15) is 19.7 Å². The maximum absolute atomic E-state index is 13.7. The number of hydrogen-bond acceptors (Lipinski definition) is 5. The van der Waals surface area contributed by atoms with Gasteiger partial charge in [-0.05, 0) is 37.1 Å². The number of aliphatic hydroxyl groups excluding tert-OH is 3. The lowest BCUT2D eigenvalue weighted by Gasteiger charge is -2.22. The van der Waals surface area contributed by atoms with Gasteiger partial charge in [0, 0.05) is 17.5 Å². The summed E-state index contributed by atoms with van der Waals surface area (Å²) in [5.41, 5.74) is 1.79. The molecule has 0 radical (unpaired) electrons. The Hall–Kier alpha value is -2.06. The summed E-state index contributed by atoms with van der Waals surface area (Å²) in [5, 5.41) is 32.6. The normalized spacial score (nSPS) is 26.6. The molecule has 0 unspecified atom stereocenters. The van der Waals surface area contributed by atoms with Gasteiger partial charge in [-0.2, -0.15) is 0 Å². The first-order valence-electron chi connectivity index (χ1n) is 8.65. The zero-order chi connectivity index (χ0) is 19.3. The fourth-order valence-electron chi connectivity index (χ4n) is 3.94. The Morgan fingerprint density at radius 1 is 1.22 bits per heavy atom. The number of aryl methyl sites for hydroxylation is 1. The molecule has 3 N–H and O–H groups in total. The van der Waals surface area contributed by atoms with Crippen molar-refractivity contribution < 1.29 is 19.7 Å². The second-order valence-corrected chi connectivity index (χ2v) is 7.39. The Morgan fingerprint density at radius 3 is 2.74 bits per heavy atom. The third-order valence-corrected chi connectivity index (χ3v) is 5.76. The lowest BCUT2D eigenvalue weighted by molar-refractivity contribution is -0.0265. The molecule has 4 rings (SSSR count). The fraction of sp³-hybridized carbons (Fsp3) is 0.368. The molecule has 1 aliphatic carbocycles. The Bertz CT molecular complexity index is 995. The number of hydrogen-bond donors (Lipinski definition) is 3. The van der Waals surface area contributed by atoms with E-state index in [2.05, 4.69) is 9.97 Å². The molecule has 0 bridgehead atoms. The Morgan fingerprint density at radius 2 is 2.00 bits per heavy atom. The zero-order valence-electron chi connectivity index (χ0n) is 14.5. The van der Waals surface area contributed by atoms with Crippen LogP contribution in [0.5, 0.6) is 0 Å². The summed E-state index contributed by atoms with van der Waals surface area (Å²) >= 11 is 5.69. The van der Waals surface area contributed by atoms with Crippen molar-refractivity contribution >= 4 is 22.6 Å². The van der Waals surface area contributed by atoms with Gasteiger partial charge in [-0.1, -0.05) is 17.7 Å². The van der Waals surface area contributed by atoms with Crippen molar-refractivity contribution in [3.8, 4) is 0 Å². The summed E-state index contributed by atoms with van der Waals surface area (Å²) in [4.78, 5) is 8.44. The van der Waals surface area contributed by atoms with Crippen molar-refractivity contribution in [2.75, 3.05) is 0 Å². The predicted octanol–water partition coefficient (Wildman–Crippen LogP) is 2.55. The quantitative estimate of drug-likeness (QED) is 0.638. The summed E-state index contributed by atoms with van der Waals surface area (Å²) in [6, 6.07) is 5.43. The van der Waals surface area contributed by atoms with Crippen LogP contribution < -0.4 is 0 Å². The summed E-state index contributed by atoms with van der Waals surface area (Å²) in [7, 11) is 0. The third kappa shape index (κ3) is 3.00. The molecule has 142 valence electrons. The predicted molar refractivity (Wildman–Crippen MR) is 97.8 cm³/mol. The SMILES string of the molecule is Cc1ncnc2c1ccn2[C@@H]1C[C@H]([C@@H](O)c2ccc(Cl)c(F)c2)[C@@H](O)[C@H]1O. The van der Waals surface area contributed by atoms with E-state index in [0.717, 1.165) is 17.1 Å². The van der Waals surface area contributed by atoms with E-state index >= 15 is 0 Å². The third-order valence-electron chi connectivity index (χ3n) is 5.45. The van der Waals surface area contributed by atoms with Crippen LogP contribution in [0.3, 0.4) is 0 Å². The molecule has 2 heterocycles. The lowest BCUT2D eigenvalue weighted by Crippen LogP contribution is -2.31. The number of fused-ring (bicyclic) bond motifs is 1. The van der Waals surface area contributed by atoms with E-state index in [1.807, 2.05) is 13.0 Å². The lowest BCUT2D eigenvalue weighted by atomic mass is 9.92. The van der Waals surface area contributed by atoms with Crippen molar-refractivity contribution in [2.24, 2.45) is 5.92 Å². The van der Waals surface area contributed by atoms with Crippen molar-refractivity contribution in [1.82, 2.24) is 14.5 Å². The molecule has 5 atom stereocenters. The van der Waals surface area contributed by atoms with E-state index in [0.29, 0.717) is 17.6 Å². The van der Waals surface area contributed by atoms with Gasteiger partial charge in [0.05, 0.1) is 29.0 Å². The Kier molecular flexibility index (Phi) is 4.63. The molecule has 1 aliphatic rings. The van der Waals surface area contributed by atoms with Gasteiger partial charge in [0.2, 0.25) is 0 Å². The average molecular weight is 392 g/mol. The largest absolute Gasteiger partial charge is 0.390 e. The summed E-state index contributed by atoms with van der Waals surface area (Å²) < 4.78 is 15.5. The molecule has 0 saturated heterocycles. The van der Waals surface area contributed by atoms with Crippen molar-refractivity contribution in [3.63, 3.8) is 0 Å². The molecule has 0 amide bonds. The standard InChI is InChI=1S/C19H19ClFN3O3/c1-9-11-4-5-24(19(11)23-8-22-9)15-7-12(17(26)18(15)27)16(25)10-2-3-13(20)14(21)6-10/h2-6,8,12,15-18,25-27H,7H2,1H3/t12-,15-,16+,17-,18+/m1/s1. The van der Waals surface area contributed by atoms with E-state index in [1.165, 1.54) is 18.5 Å². The molecule has 0 spiro atoms. The number of aromatic nitrogens is 3. The molecular formula is C19H19ClFN3O3. The van der Waals surface area contributed by atoms with Gasteiger partial charge in [0.15, 0.2) is 0 Å². The van der Waals surface area contributed by atoms with Crippen molar-refractivity contribution in [1.29, 1.82) is 0 Å². The van der Waals surface area contributed by atoms with E-state index in [-0.39, 0.29) is 5.02 Å². The molecule has 1 aromatic carbocycles. The number of halogens is 2. The van der Waals surface area contributed by atoms with Crippen LogP contribution in [0.2, 0.25) is 5.02 Å². The monoisotopic (exact) mass is 391 g/mol. The van der Waals surface area contributed by atoms with Gasteiger partial charge in [0.1, 0.15) is 23.9 Å². The van der Waals surface area contributed by atoms with Crippen LogP contribution in [-0.2, 0) is 0 Å². The fourth-order valence-corrected chi connectivity index (χ4v) is 4.06. The van der Waals surface area contributed by atoms with Gasteiger partial charge in [-0.15, -0.1) is 0 Å². The molecule has 2 aromatic heterocycles. The van der Waals surface area contributed by atoms with Crippen LogP contribution >= 0.6 is 11.6 Å². The maximum atomic E-state index is 13.7. The Balaban J connectivity index is 1.66. The maximum Gasteiger partial charge on any atom is 0.143 e. The summed E-state index contributed by atoms with van der Waals surface area (Å²) in [6.45, 7) is 1.87. The van der Waals surface area contributed by atoms with Crippen LogP contribution in [-0.4, -0.2) is 42.1 Å². The average Bonchev–Trinajstić information content (AvgIpc) is 3.20. The molecule has 0 aliphatic heterocycles. The number of rotatable bonds is 3. The van der Waals surface area contributed by atoms with Crippen LogP contribution in [0.4, 0.5) is 4.39 Å². The van der Waals surface area contributed by atoms with Gasteiger partial charge in [-0.25, -0.2) is 14.4 Å². The summed E-state index contributed by atoms with van der Waals surface area (Å²) in [6.07, 6.45) is 0.167. The van der Waals surface area contributed by atoms with E-state index in [1.54, 1.807) is 10.8 Å². The number of benzene rings is 1. The number of aliphatic hydroxyl groups is 3. The van der Waals surface area contributed by atoms with Crippen LogP contribution in [0, 0.1) is 18.7 Å². The van der Waals surface area contributed by atoms with Gasteiger partial charge in [-0.3, -0.25) is 0 Å². The number of nitrogens with zero attached hydrogens (tertiary/aromatic N) is 3. The second kappa shape index (κ2) is 6.83. The van der Waals surface area contributed by atoms with E-state index in [4.69, 9.17) is 11.6 Å². The van der Waals surface area contributed by atoms with Crippen LogP contribution in [0.25, 0.3) is 11.0 Å². The highest BCUT2D eigenvalue weighted by atomic mass is 35.5. The van der Waals surface area contributed by atoms with Crippen LogP contribution in [0.15, 0.2) is 36.8 Å². The van der Waals surface area contributed by atoms with E-state index < -0.39 is 36.1 Å². The highest BCUT2D eigenvalue weighted by Gasteiger charge is 2.46. The second-order valence-electron chi connectivity index (χ2n) is 6.99. The first-order chi connectivity index (χ1) is 12.9. The molecule has 8 heteroatoms. The molecule has 1 fully saturated rings. The van der Waals surface area contributed by atoms with Crippen molar-refractivity contribution in [3.05, 3.63) is 58.9 Å². The minimum atomic E-state index is -1.16. The molecule has 27 heavy (non-hydrogen) atoms. The molecule has 1 saturated carbocycles. The first-order valence-corrected chi connectivity index (χ1v) is 9.03. The zero-order valence-corrected chi connectivity index (χ0v) is 15.3.